The SMILES string of the molecule is CCn1cnnc1CNC(=O)NCCCN1c2ccccc2Sc2ccccc21. The Bertz CT molecular complexity index is 943. The van der Waals surface area contributed by atoms with Gasteiger partial charge in [-0.2, -0.15) is 0 Å². The molecule has 2 heterocycles. The van der Waals surface area contributed by atoms with E-state index >= 15 is 0 Å². The van der Waals surface area contributed by atoms with E-state index in [9.17, 15) is 4.79 Å². The molecule has 4 rings (SSSR count). The van der Waals surface area contributed by atoms with E-state index < -0.39 is 0 Å². The summed E-state index contributed by atoms with van der Waals surface area (Å²) in [6.45, 7) is 4.59. The van der Waals surface area contributed by atoms with Crippen LogP contribution in [-0.2, 0) is 13.1 Å². The number of carbonyl (C=O) groups excluding carboxylic acids is 1. The number of anilines is 2. The summed E-state index contributed by atoms with van der Waals surface area (Å²) in [4.78, 5) is 16.9. The summed E-state index contributed by atoms with van der Waals surface area (Å²) in [6.07, 6.45) is 2.51. The molecule has 1 aliphatic heterocycles. The fourth-order valence-corrected chi connectivity index (χ4v) is 4.46. The molecule has 0 aliphatic carbocycles. The van der Waals surface area contributed by atoms with Crippen molar-refractivity contribution < 1.29 is 4.79 Å². The van der Waals surface area contributed by atoms with Crippen molar-refractivity contribution in [2.24, 2.45) is 0 Å². The van der Waals surface area contributed by atoms with Gasteiger partial charge in [0.25, 0.3) is 0 Å². The first-order chi connectivity index (χ1) is 14.3. The van der Waals surface area contributed by atoms with E-state index in [1.807, 2.05) is 11.5 Å². The van der Waals surface area contributed by atoms with E-state index in [0.717, 1.165) is 25.3 Å². The number of para-hydroxylation sites is 2. The van der Waals surface area contributed by atoms with Gasteiger partial charge in [-0.1, -0.05) is 36.0 Å². The molecule has 2 aromatic carbocycles. The molecular formula is C21H24N6OS. The van der Waals surface area contributed by atoms with Crippen LogP contribution in [0.15, 0.2) is 64.6 Å². The van der Waals surface area contributed by atoms with Crippen molar-refractivity contribution in [3.05, 3.63) is 60.7 Å². The third kappa shape index (κ3) is 4.37. The van der Waals surface area contributed by atoms with Gasteiger partial charge in [-0.25, -0.2) is 4.79 Å². The van der Waals surface area contributed by atoms with E-state index in [1.54, 1.807) is 18.1 Å². The fraction of sp³-hybridized carbons (Fsp3) is 0.286. The maximum atomic E-state index is 12.1. The summed E-state index contributed by atoms with van der Waals surface area (Å²) < 4.78 is 1.91. The molecule has 0 atom stereocenters. The molecule has 0 bridgehead atoms. The maximum Gasteiger partial charge on any atom is 0.315 e. The van der Waals surface area contributed by atoms with Crippen LogP contribution < -0.4 is 15.5 Å². The Kier molecular flexibility index (Phi) is 6.00. The number of carbonyl (C=O) groups is 1. The summed E-state index contributed by atoms with van der Waals surface area (Å²) in [5, 5.41) is 13.7. The molecule has 0 saturated heterocycles. The minimum Gasteiger partial charge on any atom is -0.340 e. The van der Waals surface area contributed by atoms with Gasteiger partial charge < -0.3 is 20.1 Å². The van der Waals surface area contributed by atoms with Crippen LogP contribution in [0.4, 0.5) is 16.2 Å². The Morgan fingerprint density at radius 2 is 1.72 bits per heavy atom. The molecular weight excluding hydrogens is 384 g/mol. The highest BCUT2D eigenvalue weighted by Crippen LogP contribution is 2.47. The average Bonchev–Trinajstić information content (AvgIpc) is 3.22. The Hall–Kier alpha value is -3.00. The van der Waals surface area contributed by atoms with Crippen molar-refractivity contribution in [1.82, 2.24) is 25.4 Å². The van der Waals surface area contributed by atoms with Gasteiger partial charge in [-0.15, -0.1) is 10.2 Å². The number of rotatable bonds is 7. The largest absolute Gasteiger partial charge is 0.340 e. The Labute approximate surface area is 174 Å². The van der Waals surface area contributed by atoms with Crippen LogP contribution in [0.1, 0.15) is 19.2 Å². The molecule has 0 saturated carbocycles. The molecule has 1 aliphatic rings. The van der Waals surface area contributed by atoms with Crippen LogP contribution in [0.25, 0.3) is 0 Å². The van der Waals surface area contributed by atoms with Gasteiger partial charge in [0.05, 0.1) is 17.9 Å². The number of hydrogen-bond acceptors (Lipinski definition) is 5. The van der Waals surface area contributed by atoms with E-state index in [2.05, 4.69) is 74.3 Å². The second kappa shape index (κ2) is 9.00. The molecule has 3 aromatic rings. The molecule has 0 radical (unpaired) electrons. The lowest BCUT2D eigenvalue weighted by atomic mass is 10.2. The van der Waals surface area contributed by atoms with E-state index in [1.165, 1.54) is 21.2 Å². The molecule has 2 amide bonds. The molecule has 8 heteroatoms. The number of benzene rings is 2. The smallest absolute Gasteiger partial charge is 0.315 e. The van der Waals surface area contributed by atoms with Gasteiger partial charge >= 0.3 is 6.03 Å². The van der Waals surface area contributed by atoms with Crippen LogP contribution in [0.3, 0.4) is 0 Å². The zero-order valence-corrected chi connectivity index (χ0v) is 17.2. The van der Waals surface area contributed by atoms with Gasteiger partial charge in [0, 0.05) is 29.4 Å². The highest BCUT2D eigenvalue weighted by Gasteiger charge is 2.22. The number of amides is 2. The minimum absolute atomic E-state index is 0.189. The first-order valence-electron chi connectivity index (χ1n) is 9.78. The monoisotopic (exact) mass is 408 g/mol. The summed E-state index contributed by atoms with van der Waals surface area (Å²) in [5.74, 6) is 0.752. The first kappa shape index (κ1) is 19.3. The molecule has 0 fully saturated rings. The predicted octanol–water partition coefficient (Wildman–Crippen LogP) is 3.79. The fourth-order valence-electron chi connectivity index (χ4n) is 3.36. The second-order valence-corrected chi connectivity index (χ2v) is 7.77. The number of aryl methyl sites for hydroxylation is 1. The van der Waals surface area contributed by atoms with Crippen molar-refractivity contribution >= 4 is 29.2 Å². The van der Waals surface area contributed by atoms with Crippen LogP contribution >= 0.6 is 11.8 Å². The quantitative estimate of drug-likeness (QED) is 0.582. The number of aromatic nitrogens is 3. The van der Waals surface area contributed by atoms with Crippen LogP contribution in [-0.4, -0.2) is 33.9 Å². The van der Waals surface area contributed by atoms with Gasteiger partial charge in [0.1, 0.15) is 6.33 Å². The average molecular weight is 409 g/mol. The Balaban J connectivity index is 1.30. The van der Waals surface area contributed by atoms with E-state index in [-0.39, 0.29) is 6.03 Å². The molecule has 0 spiro atoms. The maximum absolute atomic E-state index is 12.1. The lowest BCUT2D eigenvalue weighted by Crippen LogP contribution is -2.37. The van der Waals surface area contributed by atoms with Gasteiger partial charge in [-0.3, -0.25) is 0 Å². The lowest BCUT2D eigenvalue weighted by molar-refractivity contribution is 0.240. The predicted molar refractivity (Wildman–Crippen MR) is 115 cm³/mol. The number of fused-ring (bicyclic) bond motifs is 2. The van der Waals surface area contributed by atoms with Crippen molar-refractivity contribution in [2.75, 3.05) is 18.0 Å². The third-order valence-corrected chi connectivity index (χ3v) is 5.95. The molecule has 1 aromatic heterocycles. The summed E-state index contributed by atoms with van der Waals surface area (Å²) in [7, 11) is 0. The molecule has 150 valence electrons. The molecule has 0 unspecified atom stereocenters. The highest BCUT2D eigenvalue weighted by molar-refractivity contribution is 7.99. The van der Waals surface area contributed by atoms with Gasteiger partial charge in [0.15, 0.2) is 5.82 Å². The van der Waals surface area contributed by atoms with Crippen LogP contribution in [0.5, 0.6) is 0 Å². The lowest BCUT2D eigenvalue weighted by Gasteiger charge is -2.32. The van der Waals surface area contributed by atoms with Crippen LogP contribution in [0, 0.1) is 0 Å². The van der Waals surface area contributed by atoms with E-state index in [0.29, 0.717) is 13.1 Å². The Morgan fingerprint density at radius 3 is 2.41 bits per heavy atom. The molecule has 29 heavy (non-hydrogen) atoms. The molecule has 7 nitrogen and oxygen atoms in total. The highest BCUT2D eigenvalue weighted by atomic mass is 32.2. The van der Waals surface area contributed by atoms with E-state index in [4.69, 9.17) is 0 Å². The van der Waals surface area contributed by atoms with Crippen molar-refractivity contribution in [1.29, 1.82) is 0 Å². The van der Waals surface area contributed by atoms with Crippen molar-refractivity contribution in [3.8, 4) is 0 Å². The van der Waals surface area contributed by atoms with Crippen LogP contribution in [0.2, 0.25) is 0 Å². The van der Waals surface area contributed by atoms with Crippen molar-refractivity contribution in [3.63, 3.8) is 0 Å². The zero-order valence-electron chi connectivity index (χ0n) is 16.3. The molecule has 2 N–H and O–H groups in total. The number of urea groups is 1. The minimum atomic E-state index is -0.189. The summed E-state index contributed by atoms with van der Waals surface area (Å²) in [5.41, 5.74) is 2.44. The number of nitrogens with one attached hydrogen (secondary N) is 2. The topological polar surface area (TPSA) is 75.1 Å². The first-order valence-corrected chi connectivity index (χ1v) is 10.6. The number of hydrogen-bond donors (Lipinski definition) is 2. The summed E-state index contributed by atoms with van der Waals surface area (Å²) >= 11 is 1.80. The second-order valence-electron chi connectivity index (χ2n) is 6.69. The normalized spacial score (nSPS) is 12.2. The van der Waals surface area contributed by atoms with Gasteiger partial charge in [0.2, 0.25) is 0 Å². The third-order valence-electron chi connectivity index (χ3n) is 4.82. The zero-order chi connectivity index (χ0) is 20.1. The van der Waals surface area contributed by atoms with Gasteiger partial charge in [-0.05, 0) is 37.6 Å². The van der Waals surface area contributed by atoms with Crippen molar-refractivity contribution in [2.45, 2.75) is 36.2 Å². The Morgan fingerprint density at radius 1 is 1.03 bits per heavy atom. The number of nitrogens with zero attached hydrogens (tertiary/aromatic N) is 4. The standard InChI is InChI=1S/C21H24N6OS/c1-2-26-15-24-25-20(26)14-23-21(28)22-12-7-13-27-16-8-3-5-10-18(16)29-19-11-6-4-9-17(19)27/h3-6,8-11,15H,2,7,12-14H2,1H3,(H2,22,23,28). The summed E-state index contributed by atoms with van der Waals surface area (Å²) in [6, 6.07) is 16.7.